The maximum Gasteiger partial charge on any atom is 0.322 e. The lowest BCUT2D eigenvalue weighted by Gasteiger charge is -1.99. The van der Waals surface area contributed by atoms with Crippen LogP contribution in [0.1, 0.15) is 10.6 Å². The second kappa shape index (κ2) is 5.49. The lowest BCUT2D eigenvalue weighted by molar-refractivity contribution is 0.0994. The molecule has 7 heteroatoms. The van der Waals surface area contributed by atoms with Crippen LogP contribution in [0.5, 0.6) is 5.75 Å². The van der Waals surface area contributed by atoms with Crippen LogP contribution in [-0.2, 0) is 0 Å². The standard InChI is InChI=1S/C14H11N3O4/c1-19-10-6-4-9(5-7-10)13-16-17-14(21-13)15-12(18)11-3-2-8-20-11/h2-8H,1H3,(H,15,17,18). The van der Waals surface area contributed by atoms with Crippen LogP contribution in [0.15, 0.2) is 51.5 Å². The molecule has 0 aliphatic heterocycles. The fourth-order valence-corrected chi connectivity index (χ4v) is 1.69. The zero-order valence-corrected chi connectivity index (χ0v) is 11.1. The number of rotatable bonds is 4. The van der Waals surface area contributed by atoms with E-state index in [1.165, 1.54) is 12.3 Å². The van der Waals surface area contributed by atoms with Crippen LogP contribution in [0.25, 0.3) is 11.5 Å². The molecule has 1 amide bonds. The third-order valence-corrected chi connectivity index (χ3v) is 2.73. The van der Waals surface area contributed by atoms with Crippen molar-refractivity contribution in [2.45, 2.75) is 0 Å². The Hall–Kier alpha value is -3.09. The van der Waals surface area contributed by atoms with E-state index in [1.807, 2.05) is 0 Å². The van der Waals surface area contributed by atoms with Gasteiger partial charge in [-0.3, -0.25) is 10.1 Å². The maximum absolute atomic E-state index is 11.8. The number of methoxy groups -OCH3 is 1. The summed E-state index contributed by atoms with van der Waals surface area (Å²) in [6.45, 7) is 0. The molecular weight excluding hydrogens is 274 g/mol. The van der Waals surface area contributed by atoms with E-state index in [2.05, 4.69) is 15.5 Å². The van der Waals surface area contributed by atoms with Crippen molar-refractivity contribution in [3.63, 3.8) is 0 Å². The first-order valence-corrected chi connectivity index (χ1v) is 6.09. The van der Waals surface area contributed by atoms with Crippen molar-refractivity contribution in [2.24, 2.45) is 0 Å². The van der Waals surface area contributed by atoms with Crippen molar-refractivity contribution in [3.8, 4) is 17.2 Å². The van der Waals surface area contributed by atoms with Crippen molar-refractivity contribution >= 4 is 11.9 Å². The molecule has 1 aromatic carbocycles. The van der Waals surface area contributed by atoms with E-state index in [0.717, 1.165) is 11.3 Å². The lowest BCUT2D eigenvalue weighted by atomic mass is 10.2. The Kier molecular flexibility index (Phi) is 3.38. The highest BCUT2D eigenvalue weighted by Gasteiger charge is 2.14. The van der Waals surface area contributed by atoms with E-state index in [1.54, 1.807) is 37.4 Å². The molecule has 0 unspecified atom stereocenters. The first-order valence-electron chi connectivity index (χ1n) is 6.09. The molecule has 0 spiro atoms. The number of furan rings is 1. The molecule has 0 aliphatic carbocycles. The van der Waals surface area contributed by atoms with E-state index in [-0.39, 0.29) is 11.8 Å². The van der Waals surface area contributed by atoms with Gasteiger partial charge in [0.25, 0.3) is 5.91 Å². The molecule has 7 nitrogen and oxygen atoms in total. The number of carbonyl (C=O) groups is 1. The predicted molar refractivity (Wildman–Crippen MR) is 72.9 cm³/mol. The van der Waals surface area contributed by atoms with Crippen molar-refractivity contribution in [2.75, 3.05) is 12.4 Å². The molecule has 0 aliphatic rings. The SMILES string of the molecule is COc1ccc(-c2nnc(NC(=O)c3ccco3)o2)cc1. The largest absolute Gasteiger partial charge is 0.497 e. The summed E-state index contributed by atoms with van der Waals surface area (Å²) in [4.78, 5) is 11.8. The average molecular weight is 285 g/mol. The van der Waals surface area contributed by atoms with Crippen LogP contribution in [0.4, 0.5) is 6.01 Å². The highest BCUT2D eigenvalue weighted by Crippen LogP contribution is 2.22. The highest BCUT2D eigenvalue weighted by atomic mass is 16.5. The van der Waals surface area contributed by atoms with E-state index < -0.39 is 5.91 Å². The molecule has 1 N–H and O–H groups in total. The summed E-state index contributed by atoms with van der Waals surface area (Å²) in [6, 6.07) is 10.3. The minimum atomic E-state index is -0.454. The Morgan fingerprint density at radius 3 is 2.67 bits per heavy atom. The molecule has 0 atom stereocenters. The Morgan fingerprint density at radius 1 is 1.19 bits per heavy atom. The van der Waals surface area contributed by atoms with Gasteiger partial charge in [-0.1, -0.05) is 5.10 Å². The second-order valence-corrected chi connectivity index (χ2v) is 4.07. The monoisotopic (exact) mass is 285 g/mol. The normalized spacial score (nSPS) is 10.3. The highest BCUT2D eigenvalue weighted by molar-refractivity contribution is 6.00. The maximum atomic E-state index is 11.8. The zero-order chi connectivity index (χ0) is 14.7. The van der Waals surface area contributed by atoms with E-state index >= 15 is 0 Å². The molecule has 3 aromatic rings. The van der Waals surface area contributed by atoms with Gasteiger partial charge in [0.15, 0.2) is 5.76 Å². The van der Waals surface area contributed by atoms with Crippen LogP contribution in [0, 0.1) is 0 Å². The molecule has 2 heterocycles. The summed E-state index contributed by atoms with van der Waals surface area (Å²) in [5, 5.41) is 10.1. The molecule has 2 aromatic heterocycles. The molecular formula is C14H11N3O4. The zero-order valence-electron chi connectivity index (χ0n) is 11.1. The number of ether oxygens (including phenoxy) is 1. The number of hydrogen-bond donors (Lipinski definition) is 1. The summed E-state index contributed by atoms with van der Waals surface area (Å²) in [5.74, 6) is 0.737. The van der Waals surface area contributed by atoms with Crippen molar-refractivity contribution in [1.29, 1.82) is 0 Å². The van der Waals surface area contributed by atoms with E-state index in [0.29, 0.717) is 5.89 Å². The molecule has 3 rings (SSSR count). The smallest absolute Gasteiger partial charge is 0.322 e. The first kappa shape index (κ1) is 12.9. The molecule has 0 bridgehead atoms. The molecule has 0 saturated carbocycles. The molecule has 0 saturated heterocycles. The summed E-state index contributed by atoms with van der Waals surface area (Å²) in [6.07, 6.45) is 1.41. The minimum absolute atomic E-state index is 0.00205. The summed E-state index contributed by atoms with van der Waals surface area (Å²) in [7, 11) is 1.59. The quantitative estimate of drug-likeness (QED) is 0.792. The lowest BCUT2D eigenvalue weighted by Crippen LogP contribution is -2.10. The number of amides is 1. The van der Waals surface area contributed by atoms with E-state index in [4.69, 9.17) is 13.6 Å². The van der Waals surface area contributed by atoms with Crippen LogP contribution in [0.3, 0.4) is 0 Å². The number of anilines is 1. The Balaban J connectivity index is 1.75. The second-order valence-electron chi connectivity index (χ2n) is 4.07. The van der Waals surface area contributed by atoms with Crippen LogP contribution < -0.4 is 10.1 Å². The molecule has 0 radical (unpaired) electrons. The average Bonchev–Trinajstić information content (AvgIpc) is 3.19. The Labute approximate surface area is 119 Å². The predicted octanol–water partition coefficient (Wildman–Crippen LogP) is 2.59. The van der Waals surface area contributed by atoms with Gasteiger partial charge in [-0.05, 0) is 36.4 Å². The van der Waals surface area contributed by atoms with Gasteiger partial charge in [0.05, 0.1) is 13.4 Å². The number of hydrogen-bond acceptors (Lipinski definition) is 6. The van der Waals surface area contributed by atoms with E-state index in [9.17, 15) is 4.79 Å². The van der Waals surface area contributed by atoms with Gasteiger partial charge in [0, 0.05) is 5.56 Å². The van der Waals surface area contributed by atoms with Gasteiger partial charge in [0.1, 0.15) is 5.75 Å². The number of benzene rings is 1. The minimum Gasteiger partial charge on any atom is -0.497 e. The topological polar surface area (TPSA) is 90.4 Å². The first-order chi connectivity index (χ1) is 10.3. The van der Waals surface area contributed by atoms with Crippen LogP contribution in [-0.4, -0.2) is 23.2 Å². The van der Waals surface area contributed by atoms with Gasteiger partial charge >= 0.3 is 6.01 Å². The number of carbonyl (C=O) groups excluding carboxylic acids is 1. The molecule has 21 heavy (non-hydrogen) atoms. The number of aromatic nitrogens is 2. The Bertz CT molecular complexity index is 732. The van der Waals surface area contributed by atoms with Gasteiger partial charge in [-0.15, -0.1) is 5.10 Å². The van der Waals surface area contributed by atoms with Gasteiger partial charge in [-0.2, -0.15) is 0 Å². The third kappa shape index (κ3) is 2.76. The Morgan fingerprint density at radius 2 is 2.00 bits per heavy atom. The molecule has 0 fully saturated rings. The third-order valence-electron chi connectivity index (χ3n) is 2.73. The fraction of sp³-hybridized carbons (Fsp3) is 0.0714. The van der Waals surface area contributed by atoms with Gasteiger partial charge in [0.2, 0.25) is 5.89 Å². The summed E-state index contributed by atoms with van der Waals surface area (Å²) < 4.78 is 15.4. The number of nitrogens with one attached hydrogen (secondary N) is 1. The summed E-state index contributed by atoms with van der Waals surface area (Å²) >= 11 is 0. The van der Waals surface area contributed by atoms with Crippen molar-refractivity contribution < 1.29 is 18.4 Å². The van der Waals surface area contributed by atoms with Crippen LogP contribution in [0.2, 0.25) is 0 Å². The van der Waals surface area contributed by atoms with Gasteiger partial charge < -0.3 is 13.6 Å². The number of nitrogens with zero attached hydrogens (tertiary/aromatic N) is 2. The van der Waals surface area contributed by atoms with Crippen LogP contribution >= 0.6 is 0 Å². The van der Waals surface area contributed by atoms with Gasteiger partial charge in [-0.25, -0.2) is 0 Å². The van der Waals surface area contributed by atoms with Crippen molar-refractivity contribution in [1.82, 2.24) is 10.2 Å². The van der Waals surface area contributed by atoms with Crippen molar-refractivity contribution in [3.05, 3.63) is 48.4 Å². The molecule has 106 valence electrons. The summed E-state index contributed by atoms with van der Waals surface area (Å²) in [5.41, 5.74) is 0.724. The fourth-order valence-electron chi connectivity index (χ4n) is 1.69.